The summed E-state index contributed by atoms with van der Waals surface area (Å²) in [5.74, 6) is 0.00376. The molecule has 27 heavy (non-hydrogen) atoms. The molecule has 1 saturated carbocycles. The molecule has 6 nitrogen and oxygen atoms in total. The zero-order valence-corrected chi connectivity index (χ0v) is 17.1. The number of aliphatic imine (C=N–C) groups is 2. The van der Waals surface area contributed by atoms with E-state index < -0.39 is 0 Å². The lowest BCUT2D eigenvalue weighted by Crippen LogP contribution is -2.36. The summed E-state index contributed by atoms with van der Waals surface area (Å²) in [6, 6.07) is 0.165. The molecule has 2 aliphatic rings. The van der Waals surface area contributed by atoms with Gasteiger partial charge in [-0.3, -0.25) is 19.6 Å². The summed E-state index contributed by atoms with van der Waals surface area (Å²) in [5.41, 5.74) is 2.87. The van der Waals surface area contributed by atoms with E-state index in [2.05, 4.69) is 10.6 Å². The van der Waals surface area contributed by atoms with Crippen LogP contribution in [0.25, 0.3) is 0 Å². The van der Waals surface area contributed by atoms with Crippen LogP contribution in [0.4, 0.5) is 0 Å². The van der Waals surface area contributed by atoms with Crippen molar-refractivity contribution in [1.29, 1.82) is 0 Å². The van der Waals surface area contributed by atoms with Crippen molar-refractivity contribution >= 4 is 24.0 Å². The first-order valence-corrected chi connectivity index (χ1v) is 9.80. The van der Waals surface area contributed by atoms with Gasteiger partial charge in [-0.2, -0.15) is 0 Å². The van der Waals surface area contributed by atoms with Crippen LogP contribution in [0.3, 0.4) is 0 Å². The summed E-state index contributed by atoms with van der Waals surface area (Å²) in [4.78, 5) is 33.6. The van der Waals surface area contributed by atoms with Crippen LogP contribution in [0.2, 0.25) is 0 Å². The Balaban J connectivity index is 2.44. The highest BCUT2D eigenvalue weighted by Gasteiger charge is 2.24. The van der Waals surface area contributed by atoms with E-state index in [4.69, 9.17) is 9.98 Å². The highest BCUT2D eigenvalue weighted by atomic mass is 16.1. The molecule has 0 aromatic rings. The second-order valence-electron chi connectivity index (χ2n) is 7.59. The number of ketones is 2. The van der Waals surface area contributed by atoms with Gasteiger partial charge in [-0.05, 0) is 47.5 Å². The maximum Gasteiger partial charge on any atom is 0.163 e. The van der Waals surface area contributed by atoms with Crippen molar-refractivity contribution < 1.29 is 9.59 Å². The molecule has 148 valence electrons. The molecule has 0 radical (unpaired) electrons. The molecule has 1 heterocycles. The Morgan fingerprint density at radius 1 is 0.926 bits per heavy atom. The van der Waals surface area contributed by atoms with Crippen LogP contribution in [0.15, 0.2) is 32.5 Å². The van der Waals surface area contributed by atoms with E-state index in [9.17, 15) is 9.59 Å². The highest BCUT2D eigenvalue weighted by Crippen LogP contribution is 2.24. The maximum absolute atomic E-state index is 12.1. The van der Waals surface area contributed by atoms with Gasteiger partial charge in [0, 0.05) is 36.4 Å². The van der Waals surface area contributed by atoms with E-state index in [1.807, 2.05) is 20.8 Å². The van der Waals surface area contributed by atoms with E-state index in [1.54, 1.807) is 26.3 Å². The van der Waals surface area contributed by atoms with Crippen molar-refractivity contribution in [3.63, 3.8) is 0 Å². The SMILES string of the molecule is CC(=O)/C1=C(\C)NCC(C)N/C(C)=C(/C(C)=O)C=NC2CCCCC2N=C1. The third kappa shape index (κ3) is 5.88. The number of allylic oxidation sites excluding steroid dienone is 4. The minimum Gasteiger partial charge on any atom is -0.386 e. The molecule has 1 fully saturated rings. The van der Waals surface area contributed by atoms with E-state index in [0.29, 0.717) is 17.7 Å². The van der Waals surface area contributed by atoms with Crippen molar-refractivity contribution in [2.45, 2.75) is 78.4 Å². The van der Waals surface area contributed by atoms with Gasteiger partial charge < -0.3 is 10.6 Å². The zero-order valence-electron chi connectivity index (χ0n) is 17.1. The Bertz CT molecular complexity index is 703. The van der Waals surface area contributed by atoms with Crippen molar-refractivity contribution in [3.8, 4) is 0 Å². The van der Waals surface area contributed by atoms with Crippen LogP contribution in [0.5, 0.6) is 0 Å². The molecule has 3 unspecified atom stereocenters. The predicted molar refractivity (Wildman–Crippen MR) is 110 cm³/mol. The zero-order chi connectivity index (χ0) is 20.0. The molecule has 0 aromatic carbocycles. The van der Waals surface area contributed by atoms with Crippen LogP contribution in [0, 0.1) is 0 Å². The average molecular weight is 373 g/mol. The lowest BCUT2D eigenvalue weighted by atomic mass is 9.91. The maximum atomic E-state index is 12.1. The van der Waals surface area contributed by atoms with Gasteiger partial charge in [-0.25, -0.2) is 0 Å². The van der Waals surface area contributed by atoms with Crippen LogP contribution in [-0.2, 0) is 9.59 Å². The number of rotatable bonds is 2. The number of carbonyl (C=O) groups excluding carboxylic acids is 2. The Hall–Kier alpha value is -2.24. The minimum atomic E-state index is 0.00167. The van der Waals surface area contributed by atoms with E-state index in [-0.39, 0.29) is 29.7 Å². The molecule has 2 rings (SSSR count). The van der Waals surface area contributed by atoms with Crippen LogP contribution in [-0.4, -0.2) is 48.7 Å². The fourth-order valence-corrected chi connectivity index (χ4v) is 3.58. The van der Waals surface area contributed by atoms with E-state index >= 15 is 0 Å². The fraction of sp³-hybridized carbons (Fsp3) is 0.619. The van der Waals surface area contributed by atoms with Crippen molar-refractivity contribution in [1.82, 2.24) is 10.6 Å². The predicted octanol–water partition coefficient (Wildman–Crippen LogP) is 2.75. The Morgan fingerprint density at radius 3 is 1.89 bits per heavy atom. The molecule has 2 N–H and O–H groups in total. The number of carbonyl (C=O) groups is 2. The van der Waals surface area contributed by atoms with Gasteiger partial charge in [0.2, 0.25) is 0 Å². The Labute approximate surface area is 162 Å². The van der Waals surface area contributed by atoms with Gasteiger partial charge in [-0.15, -0.1) is 0 Å². The van der Waals surface area contributed by atoms with Gasteiger partial charge in [0.15, 0.2) is 11.6 Å². The first kappa shape index (κ1) is 21.1. The number of nitrogens with zero attached hydrogens (tertiary/aromatic N) is 2. The Kier molecular flexibility index (Phi) is 7.51. The van der Waals surface area contributed by atoms with Crippen LogP contribution >= 0.6 is 0 Å². The van der Waals surface area contributed by atoms with E-state index in [1.165, 1.54) is 0 Å². The number of hydrogen-bond donors (Lipinski definition) is 2. The van der Waals surface area contributed by atoms with Gasteiger partial charge in [-0.1, -0.05) is 12.8 Å². The van der Waals surface area contributed by atoms with Crippen LogP contribution in [0.1, 0.15) is 60.3 Å². The minimum absolute atomic E-state index is 0.00167. The smallest absolute Gasteiger partial charge is 0.163 e. The molecule has 0 spiro atoms. The normalized spacial score (nSPS) is 32.7. The molecule has 1 aliphatic heterocycles. The fourth-order valence-electron chi connectivity index (χ4n) is 3.58. The summed E-state index contributed by atoms with van der Waals surface area (Å²) in [6.07, 6.45) is 7.53. The first-order valence-electron chi connectivity index (χ1n) is 9.80. The summed E-state index contributed by atoms with van der Waals surface area (Å²) < 4.78 is 0. The lowest BCUT2D eigenvalue weighted by molar-refractivity contribution is -0.114. The average Bonchev–Trinajstić information content (AvgIpc) is 2.60. The summed E-state index contributed by atoms with van der Waals surface area (Å²) in [5, 5.41) is 6.68. The molecule has 0 aromatic heterocycles. The quantitative estimate of drug-likeness (QED) is 0.781. The third-order valence-corrected chi connectivity index (χ3v) is 5.19. The molecule has 0 amide bonds. The topological polar surface area (TPSA) is 82.9 Å². The number of fused-ring (bicyclic) bond motifs is 1. The number of Topliss-reactive ketones (excluding diaryl/α,β-unsaturated/α-hetero) is 2. The monoisotopic (exact) mass is 372 g/mol. The number of hydrogen-bond acceptors (Lipinski definition) is 6. The second-order valence-corrected chi connectivity index (χ2v) is 7.59. The highest BCUT2D eigenvalue weighted by molar-refractivity contribution is 6.13. The summed E-state index contributed by atoms with van der Waals surface area (Å²) in [7, 11) is 0. The van der Waals surface area contributed by atoms with Gasteiger partial charge in [0.1, 0.15) is 0 Å². The molecular weight excluding hydrogens is 340 g/mol. The van der Waals surface area contributed by atoms with Gasteiger partial charge in [0.05, 0.1) is 23.2 Å². The van der Waals surface area contributed by atoms with Gasteiger partial charge >= 0.3 is 0 Å². The molecular formula is C21H32N4O2. The molecule has 0 bridgehead atoms. The molecule has 1 aliphatic carbocycles. The van der Waals surface area contributed by atoms with Crippen molar-refractivity contribution in [3.05, 3.63) is 22.5 Å². The standard InChI is InChI=1S/C21H32N4O2/c1-13-10-22-14(2)18(16(4)26)11-23-20-8-6-7-9-21(20)24-12-19(17(5)27)15(3)25-13/h11-13,20-22,25H,6-10H2,1-5H3/b18-14+,19-15+,23-11?,24-12?. The van der Waals surface area contributed by atoms with E-state index in [0.717, 1.165) is 37.1 Å². The summed E-state index contributed by atoms with van der Waals surface area (Å²) in [6.45, 7) is 9.61. The molecule has 0 saturated heterocycles. The number of nitrogens with one attached hydrogen (secondary N) is 2. The van der Waals surface area contributed by atoms with Crippen molar-refractivity contribution in [2.24, 2.45) is 9.98 Å². The van der Waals surface area contributed by atoms with Crippen LogP contribution < -0.4 is 10.6 Å². The molecule has 6 heteroatoms. The molecule has 3 atom stereocenters. The largest absolute Gasteiger partial charge is 0.386 e. The first-order chi connectivity index (χ1) is 12.8. The lowest BCUT2D eigenvalue weighted by Gasteiger charge is -2.26. The van der Waals surface area contributed by atoms with Gasteiger partial charge in [0.25, 0.3) is 0 Å². The van der Waals surface area contributed by atoms with Crippen molar-refractivity contribution in [2.75, 3.05) is 6.54 Å². The summed E-state index contributed by atoms with van der Waals surface area (Å²) >= 11 is 0. The Morgan fingerprint density at radius 2 is 1.41 bits per heavy atom. The second kappa shape index (κ2) is 9.62. The third-order valence-electron chi connectivity index (χ3n) is 5.19.